The number of anilines is 2. The van der Waals surface area contributed by atoms with Crippen molar-refractivity contribution in [2.75, 3.05) is 24.1 Å². The fourth-order valence-electron chi connectivity index (χ4n) is 2.93. The number of nitrogens with zero attached hydrogens (tertiary/aromatic N) is 3. The quantitative estimate of drug-likeness (QED) is 0.907. The lowest BCUT2D eigenvalue weighted by Gasteiger charge is -2.20. The van der Waals surface area contributed by atoms with Crippen molar-refractivity contribution in [3.05, 3.63) is 48.4 Å². The van der Waals surface area contributed by atoms with Crippen LogP contribution in [0, 0.1) is 0 Å². The summed E-state index contributed by atoms with van der Waals surface area (Å²) in [4.78, 5) is 10.7. The first-order valence-corrected chi connectivity index (χ1v) is 7.89. The van der Waals surface area contributed by atoms with Gasteiger partial charge < -0.3 is 11.1 Å². The Morgan fingerprint density at radius 1 is 1.14 bits per heavy atom. The van der Waals surface area contributed by atoms with E-state index in [4.69, 9.17) is 5.73 Å². The van der Waals surface area contributed by atoms with E-state index < -0.39 is 0 Å². The average Bonchev–Trinajstić information content (AvgIpc) is 2.76. The van der Waals surface area contributed by atoms with E-state index in [0.717, 1.165) is 31.7 Å². The molecule has 3 N–H and O–H groups in total. The molecule has 0 bridgehead atoms. The number of hydrogen-bond donors (Lipinski definition) is 2. The van der Waals surface area contributed by atoms with Crippen LogP contribution in [0.2, 0.25) is 0 Å². The molecule has 3 rings (SSSR count). The van der Waals surface area contributed by atoms with E-state index in [1.807, 2.05) is 30.7 Å². The monoisotopic (exact) mass is 297 g/mol. The summed E-state index contributed by atoms with van der Waals surface area (Å²) in [6, 6.07) is 8.55. The van der Waals surface area contributed by atoms with Crippen LogP contribution in [-0.4, -0.2) is 34.0 Å². The lowest BCUT2D eigenvalue weighted by Crippen LogP contribution is -2.26. The molecule has 1 atom stereocenters. The number of aromatic nitrogens is 2. The third-order valence-electron chi connectivity index (χ3n) is 4.13. The van der Waals surface area contributed by atoms with E-state index in [1.54, 1.807) is 0 Å². The van der Waals surface area contributed by atoms with E-state index in [2.05, 4.69) is 32.3 Å². The van der Waals surface area contributed by atoms with Gasteiger partial charge in [-0.05, 0) is 55.6 Å². The molecular weight excluding hydrogens is 274 g/mol. The molecule has 0 unspecified atom stereocenters. The minimum Gasteiger partial charge on any atom is -0.384 e. The molecule has 22 heavy (non-hydrogen) atoms. The molecule has 1 fully saturated rings. The molecule has 0 amide bonds. The van der Waals surface area contributed by atoms with Crippen LogP contribution in [0.15, 0.2) is 42.9 Å². The zero-order valence-corrected chi connectivity index (χ0v) is 12.8. The molecule has 116 valence electrons. The van der Waals surface area contributed by atoms with Gasteiger partial charge in [-0.3, -0.25) is 9.88 Å². The third kappa shape index (κ3) is 4.18. The first-order chi connectivity index (χ1) is 10.8. The van der Waals surface area contributed by atoms with Gasteiger partial charge in [0.2, 0.25) is 0 Å². The van der Waals surface area contributed by atoms with Crippen molar-refractivity contribution in [3.63, 3.8) is 0 Å². The number of nitrogen functional groups attached to an aromatic ring is 1. The highest BCUT2D eigenvalue weighted by Gasteiger charge is 2.17. The lowest BCUT2D eigenvalue weighted by molar-refractivity contribution is 0.276. The first-order valence-electron chi connectivity index (χ1n) is 7.89. The molecule has 0 saturated carbocycles. The second-order valence-corrected chi connectivity index (χ2v) is 5.88. The van der Waals surface area contributed by atoms with E-state index in [1.165, 1.54) is 18.4 Å². The normalized spacial score (nSPS) is 19.5. The van der Waals surface area contributed by atoms with E-state index in [0.29, 0.717) is 11.9 Å². The number of likely N-dealkylation sites (tertiary alicyclic amines) is 1. The Hall–Kier alpha value is -2.14. The maximum absolute atomic E-state index is 5.63. The molecule has 2 aromatic heterocycles. The summed E-state index contributed by atoms with van der Waals surface area (Å²) in [5, 5.41) is 3.58. The van der Waals surface area contributed by atoms with Gasteiger partial charge in [-0.2, -0.15) is 0 Å². The molecule has 0 aliphatic carbocycles. The van der Waals surface area contributed by atoms with Gasteiger partial charge in [-0.25, -0.2) is 4.98 Å². The fraction of sp³-hybridized carbons (Fsp3) is 0.412. The van der Waals surface area contributed by atoms with Crippen molar-refractivity contribution in [2.45, 2.75) is 31.8 Å². The van der Waals surface area contributed by atoms with Crippen molar-refractivity contribution < 1.29 is 0 Å². The lowest BCUT2D eigenvalue weighted by atomic mass is 10.1. The zero-order valence-electron chi connectivity index (χ0n) is 12.8. The highest BCUT2D eigenvalue weighted by molar-refractivity contribution is 5.45. The minimum atomic E-state index is 0.507. The Balaban J connectivity index is 1.52. The van der Waals surface area contributed by atoms with E-state index in [-0.39, 0.29) is 0 Å². The summed E-state index contributed by atoms with van der Waals surface area (Å²) >= 11 is 0. The standard InChI is InChI=1S/C17H23N5/c18-17-4-3-16(12-20-17)21-15-2-1-10-22(11-7-15)13-14-5-8-19-9-6-14/h3-6,8-9,12,15,21H,1-2,7,10-11,13H2,(H2,18,20)/t15-/m0/s1. The highest BCUT2D eigenvalue weighted by atomic mass is 15.1. The predicted octanol–water partition coefficient (Wildman–Crippen LogP) is 2.53. The van der Waals surface area contributed by atoms with Crippen molar-refractivity contribution in [3.8, 4) is 0 Å². The van der Waals surface area contributed by atoms with Crippen molar-refractivity contribution in [2.24, 2.45) is 0 Å². The van der Waals surface area contributed by atoms with Gasteiger partial charge in [0.05, 0.1) is 11.9 Å². The second-order valence-electron chi connectivity index (χ2n) is 5.88. The van der Waals surface area contributed by atoms with Crippen molar-refractivity contribution in [1.82, 2.24) is 14.9 Å². The average molecular weight is 297 g/mol. The van der Waals surface area contributed by atoms with Gasteiger partial charge in [0.25, 0.3) is 0 Å². The van der Waals surface area contributed by atoms with Crippen LogP contribution in [0.1, 0.15) is 24.8 Å². The molecule has 3 heterocycles. The number of hydrogen-bond acceptors (Lipinski definition) is 5. The fourth-order valence-corrected chi connectivity index (χ4v) is 2.93. The minimum absolute atomic E-state index is 0.507. The third-order valence-corrected chi connectivity index (χ3v) is 4.13. The first kappa shape index (κ1) is 14.8. The van der Waals surface area contributed by atoms with Crippen LogP contribution >= 0.6 is 0 Å². The highest BCUT2D eigenvalue weighted by Crippen LogP contribution is 2.18. The Morgan fingerprint density at radius 3 is 2.77 bits per heavy atom. The van der Waals surface area contributed by atoms with Gasteiger partial charge in [-0.15, -0.1) is 0 Å². The summed E-state index contributed by atoms with van der Waals surface area (Å²) in [6.07, 6.45) is 9.10. The van der Waals surface area contributed by atoms with Crippen LogP contribution in [0.4, 0.5) is 11.5 Å². The predicted molar refractivity (Wildman–Crippen MR) is 89.4 cm³/mol. The molecule has 0 radical (unpaired) electrons. The molecule has 0 spiro atoms. The number of nitrogens with one attached hydrogen (secondary N) is 1. The number of rotatable bonds is 4. The van der Waals surface area contributed by atoms with Gasteiger partial charge in [-0.1, -0.05) is 0 Å². The molecule has 5 nitrogen and oxygen atoms in total. The largest absolute Gasteiger partial charge is 0.384 e. The maximum atomic E-state index is 5.63. The summed E-state index contributed by atoms with van der Waals surface area (Å²) in [6.45, 7) is 3.28. The van der Waals surface area contributed by atoms with Crippen LogP contribution in [0.25, 0.3) is 0 Å². The Morgan fingerprint density at radius 2 is 2.00 bits per heavy atom. The maximum Gasteiger partial charge on any atom is 0.123 e. The van der Waals surface area contributed by atoms with Gasteiger partial charge >= 0.3 is 0 Å². The van der Waals surface area contributed by atoms with Gasteiger partial charge in [0.1, 0.15) is 5.82 Å². The Bertz CT molecular complexity index is 569. The summed E-state index contributed by atoms with van der Waals surface area (Å²) in [5.74, 6) is 0.565. The number of nitrogens with two attached hydrogens (primary N) is 1. The van der Waals surface area contributed by atoms with Crippen LogP contribution in [0.5, 0.6) is 0 Å². The van der Waals surface area contributed by atoms with E-state index >= 15 is 0 Å². The zero-order chi connectivity index (χ0) is 15.2. The Kier molecular flexibility index (Phi) is 4.85. The van der Waals surface area contributed by atoms with E-state index in [9.17, 15) is 0 Å². The molecule has 5 heteroatoms. The topological polar surface area (TPSA) is 67.1 Å². The summed E-state index contributed by atoms with van der Waals surface area (Å²) < 4.78 is 0. The van der Waals surface area contributed by atoms with Crippen molar-refractivity contribution in [1.29, 1.82) is 0 Å². The van der Waals surface area contributed by atoms with Gasteiger partial charge in [0, 0.05) is 31.5 Å². The number of pyridine rings is 2. The van der Waals surface area contributed by atoms with Gasteiger partial charge in [0.15, 0.2) is 0 Å². The molecule has 0 aromatic carbocycles. The molecule has 2 aromatic rings. The SMILES string of the molecule is Nc1ccc(N[C@H]2CCCN(Cc3ccncc3)CC2)cn1. The molecule has 1 saturated heterocycles. The molecule has 1 aliphatic rings. The van der Waals surface area contributed by atoms with Crippen LogP contribution in [-0.2, 0) is 6.54 Å². The van der Waals surface area contributed by atoms with Crippen LogP contribution in [0.3, 0.4) is 0 Å². The Labute approximate surface area is 131 Å². The summed E-state index contributed by atoms with van der Waals surface area (Å²) in [7, 11) is 0. The molecule has 1 aliphatic heterocycles. The smallest absolute Gasteiger partial charge is 0.123 e. The molecular formula is C17H23N5. The van der Waals surface area contributed by atoms with Crippen molar-refractivity contribution >= 4 is 11.5 Å². The summed E-state index contributed by atoms with van der Waals surface area (Å²) in [5.41, 5.74) is 8.02. The second kappa shape index (κ2) is 7.22. The van der Waals surface area contributed by atoms with Crippen LogP contribution < -0.4 is 11.1 Å².